The van der Waals surface area contributed by atoms with E-state index in [9.17, 15) is 18.0 Å². The van der Waals surface area contributed by atoms with Gasteiger partial charge in [0.1, 0.15) is 5.82 Å². The predicted octanol–water partition coefficient (Wildman–Crippen LogP) is 4.87. The first kappa shape index (κ1) is 20.5. The maximum atomic E-state index is 13.3. The fourth-order valence-corrected chi connectivity index (χ4v) is 5.65. The summed E-state index contributed by atoms with van der Waals surface area (Å²) in [5.41, 5.74) is 2.48. The van der Waals surface area contributed by atoms with E-state index in [0.717, 1.165) is 48.3 Å². The zero-order chi connectivity index (χ0) is 23.1. The van der Waals surface area contributed by atoms with Crippen LogP contribution in [0.25, 0.3) is 5.78 Å². The molecule has 1 atom stereocenters. The Morgan fingerprint density at radius 1 is 1.24 bits per heavy atom. The summed E-state index contributed by atoms with van der Waals surface area (Å²) in [5.74, 6) is 2.02. The number of imidazole rings is 1. The molecule has 0 radical (unpaired) electrons. The van der Waals surface area contributed by atoms with E-state index < -0.39 is 17.8 Å². The lowest BCUT2D eigenvalue weighted by molar-refractivity contribution is -0.177. The smallest absolute Gasteiger partial charge is 0.363 e. The third-order valence-corrected chi connectivity index (χ3v) is 7.57. The van der Waals surface area contributed by atoms with Gasteiger partial charge in [-0.3, -0.25) is 9.20 Å². The highest BCUT2D eigenvalue weighted by Gasteiger charge is 2.62. The monoisotopic (exact) mass is 455 g/mol. The number of carbonyl (C=O) groups is 1. The van der Waals surface area contributed by atoms with Crippen molar-refractivity contribution in [2.45, 2.75) is 58.4 Å². The molecule has 0 unspecified atom stereocenters. The first-order valence-electron chi connectivity index (χ1n) is 11.2. The van der Waals surface area contributed by atoms with Crippen molar-refractivity contribution < 1.29 is 18.0 Å². The number of amides is 1. The van der Waals surface area contributed by atoms with Crippen molar-refractivity contribution >= 4 is 17.5 Å². The van der Waals surface area contributed by atoms with Crippen LogP contribution in [0.4, 0.5) is 19.0 Å². The van der Waals surface area contributed by atoms with Crippen LogP contribution < -0.4 is 5.32 Å². The van der Waals surface area contributed by atoms with E-state index in [2.05, 4.69) is 15.3 Å². The van der Waals surface area contributed by atoms with E-state index in [0.29, 0.717) is 36.2 Å². The molecule has 6 nitrogen and oxygen atoms in total. The molecule has 3 heterocycles. The van der Waals surface area contributed by atoms with Gasteiger partial charge >= 0.3 is 6.18 Å². The number of fused-ring (bicyclic) bond motifs is 3. The van der Waals surface area contributed by atoms with Crippen LogP contribution in [0.5, 0.6) is 0 Å². The maximum absolute atomic E-state index is 13.3. The highest BCUT2D eigenvalue weighted by atomic mass is 19.4. The van der Waals surface area contributed by atoms with Crippen LogP contribution in [0, 0.1) is 18.3 Å². The van der Waals surface area contributed by atoms with Crippen LogP contribution in [0.2, 0.25) is 0 Å². The highest BCUT2D eigenvalue weighted by molar-refractivity contribution is 5.86. The number of hydrogen-bond acceptors (Lipinski definition) is 4. The molecule has 4 aliphatic rings. The first-order chi connectivity index (χ1) is 15.6. The Hall–Kier alpha value is -3.10. The Morgan fingerprint density at radius 3 is 2.67 bits per heavy atom. The van der Waals surface area contributed by atoms with Gasteiger partial charge in [-0.1, -0.05) is 12.1 Å². The van der Waals surface area contributed by atoms with E-state index in [1.54, 1.807) is 12.3 Å². The fraction of sp³-hybridized carbons (Fsp3) is 0.458. The molecule has 2 bridgehead atoms. The molecule has 3 fully saturated rings. The van der Waals surface area contributed by atoms with Gasteiger partial charge in [-0.2, -0.15) is 18.2 Å². The minimum absolute atomic E-state index is 0.165. The molecule has 172 valence electrons. The van der Waals surface area contributed by atoms with E-state index in [1.165, 1.54) is 6.07 Å². The lowest BCUT2D eigenvalue weighted by atomic mass is 9.44. The molecule has 1 aliphatic heterocycles. The fourth-order valence-electron chi connectivity index (χ4n) is 5.65. The molecular weight excluding hydrogens is 431 g/mol. The summed E-state index contributed by atoms with van der Waals surface area (Å²) in [6.45, 7) is 4.69. The molecule has 3 aliphatic carbocycles. The second-order valence-electron chi connectivity index (χ2n) is 9.83. The Labute approximate surface area is 188 Å². The molecule has 7 rings (SSSR count). The largest absolute Gasteiger partial charge is 0.416 e. The number of halogens is 3. The zero-order valence-corrected chi connectivity index (χ0v) is 18.4. The second-order valence-corrected chi connectivity index (χ2v) is 9.83. The Morgan fingerprint density at radius 2 is 2.00 bits per heavy atom. The Balaban J connectivity index is 1.34. The summed E-state index contributed by atoms with van der Waals surface area (Å²) < 4.78 is 41.5. The standard InChI is InChI=1S/C24H24F3N5O/c1-13-10-28-22-30-20(29-14(2)16-4-3-5-17(6-16)24(25,26)27)18-11-31(12-19(18)32(13)22)21(33)23-7-15(8-23)9-23/h3-6,10,14-15H,7-9,11-12H2,1-2H3,(H,28,29,30)/t14-,15?,23?/m1/s1. The van der Waals surface area contributed by atoms with Gasteiger partial charge in [0.2, 0.25) is 11.7 Å². The first-order valence-corrected chi connectivity index (χ1v) is 11.2. The normalized spacial score (nSPS) is 24.3. The highest BCUT2D eigenvalue weighted by Crippen LogP contribution is 2.65. The molecule has 1 N–H and O–H groups in total. The van der Waals surface area contributed by atoms with E-state index in [-0.39, 0.29) is 11.3 Å². The molecule has 9 heteroatoms. The van der Waals surface area contributed by atoms with Crippen LogP contribution in [0.3, 0.4) is 0 Å². The van der Waals surface area contributed by atoms with E-state index in [4.69, 9.17) is 0 Å². The minimum atomic E-state index is -4.40. The quantitative estimate of drug-likeness (QED) is 0.610. The van der Waals surface area contributed by atoms with Gasteiger partial charge in [0.25, 0.3) is 0 Å². The molecule has 1 amide bonds. The summed E-state index contributed by atoms with van der Waals surface area (Å²) in [7, 11) is 0. The van der Waals surface area contributed by atoms with Crippen molar-refractivity contribution in [2.75, 3.05) is 5.32 Å². The number of alkyl halides is 3. The third kappa shape index (κ3) is 3.04. The van der Waals surface area contributed by atoms with Gasteiger partial charge in [0.15, 0.2) is 0 Å². The van der Waals surface area contributed by atoms with Gasteiger partial charge in [-0.05, 0) is 56.7 Å². The number of aryl methyl sites for hydroxylation is 1. The molecule has 3 saturated carbocycles. The predicted molar refractivity (Wildman–Crippen MR) is 115 cm³/mol. The molecule has 33 heavy (non-hydrogen) atoms. The van der Waals surface area contributed by atoms with Crippen molar-refractivity contribution in [1.82, 2.24) is 19.3 Å². The molecule has 3 aromatic rings. The summed E-state index contributed by atoms with van der Waals surface area (Å²) in [4.78, 5) is 24.2. The van der Waals surface area contributed by atoms with Crippen molar-refractivity contribution in [2.24, 2.45) is 11.3 Å². The number of carbonyl (C=O) groups excluding carboxylic acids is 1. The Bertz CT molecular complexity index is 1280. The topological polar surface area (TPSA) is 62.5 Å². The number of nitrogens with zero attached hydrogens (tertiary/aromatic N) is 4. The van der Waals surface area contributed by atoms with Crippen LogP contribution in [-0.2, 0) is 24.1 Å². The second kappa shape index (κ2) is 6.71. The van der Waals surface area contributed by atoms with Gasteiger partial charge in [0, 0.05) is 17.3 Å². The zero-order valence-electron chi connectivity index (χ0n) is 18.4. The molecule has 1 aromatic carbocycles. The van der Waals surface area contributed by atoms with Gasteiger partial charge in [0.05, 0.1) is 36.0 Å². The SMILES string of the molecule is Cc1cnc2nc(N[C@H](C)c3cccc(C(F)(F)F)c3)c3c(n12)CN(C(=O)C12CC(C1)C2)C3. The van der Waals surface area contributed by atoms with Crippen LogP contribution >= 0.6 is 0 Å². The maximum Gasteiger partial charge on any atom is 0.416 e. The van der Waals surface area contributed by atoms with Crippen molar-refractivity contribution in [1.29, 1.82) is 0 Å². The number of anilines is 1. The molecular formula is C24H24F3N5O. The van der Waals surface area contributed by atoms with Crippen molar-refractivity contribution in [3.05, 3.63) is 58.5 Å². The average molecular weight is 455 g/mol. The van der Waals surface area contributed by atoms with E-state index in [1.807, 2.05) is 23.1 Å². The number of nitrogens with one attached hydrogen (secondary N) is 1. The average Bonchev–Trinajstić information content (AvgIpc) is 3.29. The summed E-state index contributed by atoms with van der Waals surface area (Å²) >= 11 is 0. The van der Waals surface area contributed by atoms with Crippen LogP contribution in [-0.4, -0.2) is 25.2 Å². The van der Waals surface area contributed by atoms with Gasteiger partial charge < -0.3 is 10.2 Å². The lowest BCUT2D eigenvalue weighted by Gasteiger charge is -2.61. The van der Waals surface area contributed by atoms with Gasteiger partial charge in [-0.25, -0.2) is 4.98 Å². The molecule has 0 saturated heterocycles. The third-order valence-electron chi connectivity index (χ3n) is 7.57. The van der Waals surface area contributed by atoms with Crippen molar-refractivity contribution in [3.8, 4) is 0 Å². The van der Waals surface area contributed by atoms with Crippen LogP contribution in [0.15, 0.2) is 30.5 Å². The van der Waals surface area contributed by atoms with Gasteiger partial charge in [-0.15, -0.1) is 0 Å². The lowest BCUT2D eigenvalue weighted by Crippen LogP contribution is -2.60. The van der Waals surface area contributed by atoms with E-state index >= 15 is 0 Å². The summed E-state index contributed by atoms with van der Waals surface area (Å²) in [6.07, 6.45) is 0.328. The number of benzene rings is 1. The number of hydrogen-bond donors (Lipinski definition) is 1. The van der Waals surface area contributed by atoms with Crippen molar-refractivity contribution in [3.63, 3.8) is 0 Å². The number of rotatable bonds is 4. The Kier molecular flexibility index (Phi) is 4.17. The number of aromatic nitrogens is 3. The summed E-state index contributed by atoms with van der Waals surface area (Å²) in [5, 5.41) is 3.30. The molecule has 0 spiro atoms. The van der Waals surface area contributed by atoms with Crippen LogP contribution in [0.1, 0.15) is 60.3 Å². The summed E-state index contributed by atoms with van der Waals surface area (Å²) in [6, 6.07) is 4.91. The minimum Gasteiger partial charge on any atom is -0.363 e. The molecule has 2 aromatic heterocycles.